The third-order valence-corrected chi connectivity index (χ3v) is 6.45. The molecule has 0 saturated heterocycles. The molecule has 3 heteroatoms. The summed E-state index contributed by atoms with van der Waals surface area (Å²) in [6.07, 6.45) is 2.24. The van der Waals surface area contributed by atoms with Crippen molar-refractivity contribution in [2.75, 3.05) is 0 Å². The molecule has 24 heavy (non-hydrogen) atoms. The normalized spacial score (nSPS) is 11.1. The van der Waals surface area contributed by atoms with E-state index in [-0.39, 0.29) is 0 Å². The quantitative estimate of drug-likeness (QED) is 0.474. The van der Waals surface area contributed by atoms with Gasteiger partial charge in [-0.3, -0.25) is 0 Å². The first-order valence-corrected chi connectivity index (χ1v) is 10.7. The maximum atomic E-state index is 5.98. The number of hydrogen-bond donors (Lipinski definition) is 0. The number of hydrogen-bond acceptors (Lipinski definition) is 1. The van der Waals surface area contributed by atoms with E-state index in [2.05, 4.69) is 78.6 Å². The molecule has 0 heterocycles. The van der Waals surface area contributed by atoms with Gasteiger partial charge in [0, 0.05) is 0 Å². The molecule has 0 aliphatic heterocycles. The van der Waals surface area contributed by atoms with Gasteiger partial charge in [0.1, 0.15) is 0 Å². The van der Waals surface area contributed by atoms with Crippen LogP contribution in [0, 0.1) is 6.92 Å². The van der Waals surface area contributed by atoms with Crippen LogP contribution in [0.4, 0.5) is 0 Å². The minimum absolute atomic E-state index is 0.356. The summed E-state index contributed by atoms with van der Waals surface area (Å²) in [6.45, 7) is 2.13. The van der Waals surface area contributed by atoms with Crippen LogP contribution in [0.1, 0.15) is 11.1 Å². The van der Waals surface area contributed by atoms with Gasteiger partial charge in [0.05, 0.1) is 0 Å². The molecule has 0 aliphatic rings. The van der Waals surface area contributed by atoms with Gasteiger partial charge in [0.15, 0.2) is 0 Å². The molecule has 0 aliphatic carbocycles. The van der Waals surface area contributed by atoms with Crippen molar-refractivity contribution in [2.24, 2.45) is 0 Å². The minimum atomic E-state index is 0.356. The Labute approximate surface area is 159 Å². The van der Waals surface area contributed by atoms with Crippen molar-refractivity contribution in [3.05, 3.63) is 93.9 Å². The molecule has 3 rings (SSSR count). The van der Waals surface area contributed by atoms with Gasteiger partial charge in [0.2, 0.25) is 0 Å². The van der Waals surface area contributed by atoms with E-state index < -0.39 is 0 Å². The van der Waals surface area contributed by atoms with Crippen molar-refractivity contribution in [1.82, 2.24) is 0 Å². The second-order valence-corrected chi connectivity index (χ2v) is 8.94. The standard InChI is InChI=1S/C21H17ClSSe/c1-16-7-8-17(13-14-24-20-5-3-2-4-6-20)21(15-16)23-19-11-9-18(22)10-12-19/h2-15H,1H3. The van der Waals surface area contributed by atoms with Crippen molar-refractivity contribution in [2.45, 2.75) is 16.7 Å². The summed E-state index contributed by atoms with van der Waals surface area (Å²) >= 11 is 8.12. The number of halogens is 1. The summed E-state index contributed by atoms with van der Waals surface area (Å²) in [5.41, 5.74) is 2.54. The zero-order valence-electron chi connectivity index (χ0n) is 13.3. The monoisotopic (exact) mass is 416 g/mol. The molecule has 0 spiro atoms. The molecule has 0 bridgehead atoms. The van der Waals surface area contributed by atoms with E-state index in [1.54, 1.807) is 11.8 Å². The van der Waals surface area contributed by atoms with Crippen LogP contribution in [0.15, 0.2) is 87.6 Å². The molecule has 3 aromatic carbocycles. The van der Waals surface area contributed by atoms with Crippen LogP contribution >= 0.6 is 23.4 Å². The molecule has 120 valence electrons. The number of benzene rings is 3. The first-order chi connectivity index (χ1) is 11.7. The second kappa shape index (κ2) is 8.60. The van der Waals surface area contributed by atoms with Crippen molar-refractivity contribution in [1.29, 1.82) is 0 Å². The van der Waals surface area contributed by atoms with Crippen molar-refractivity contribution >= 4 is 48.9 Å². The molecular weight excluding hydrogens is 399 g/mol. The van der Waals surface area contributed by atoms with Crippen LogP contribution < -0.4 is 4.46 Å². The van der Waals surface area contributed by atoms with Gasteiger partial charge in [-0.15, -0.1) is 0 Å². The van der Waals surface area contributed by atoms with Crippen molar-refractivity contribution < 1.29 is 0 Å². The first kappa shape index (κ1) is 17.4. The molecule has 0 amide bonds. The van der Waals surface area contributed by atoms with Crippen molar-refractivity contribution in [3.63, 3.8) is 0 Å². The summed E-state index contributed by atoms with van der Waals surface area (Å²) in [4.78, 5) is 4.77. The van der Waals surface area contributed by atoms with Gasteiger partial charge < -0.3 is 0 Å². The fraction of sp³-hybridized carbons (Fsp3) is 0.0476. The van der Waals surface area contributed by atoms with E-state index in [1.165, 1.54) is 25.4 Å². The Hall–Kier alpha value is -1.44. The molecule has 0 aromatic heterocycles. The van der Waals surface area contributed by atoms with Crippen LogP contribution in [-0.4, -0.2) is 15.0 Å². The Bertz CT molecular complexity index is 826. The molecule has 0 fully saturated rings. The Morgan fingerprint density at radius 2 is 1.67 bits per heavy atom. The zero-order chi connectivity index (χ0) is 16.8. The van der Waals surface area contributed by atoms with Gasteiger partial charge >= 0.3 is 159 Å². The van der Waals surface area contributed by atoms with Gasteiger partial charge in [-0.05, 0) is 0 Å². The van der Waals surface area contributed by atoms with Crippen molar-refractivity contribution in [3.8, 4) is 0 Å². The van der Waals surface area contributed by atoms with Gasteiger partial charge in [0.25, 0.3) is 0 Å². The van der Waals surface area contributed by atoms with Gasteiger partial charge in [-0.1, -0.05) is 0 Å². The van der Waals surface area contributed by atoms with E-state index in [0.717, 1.165) is 5.02 Å². The molecule has 0 nitrogen and oxygen atoms in total. The Kier molecular flexibility index (Phi) is 6.23. The van der Waals surface area contributed by atoms with E-state index in [0.29, 0.717) is 15.0 Å². The van der Waals surface area contributed by atoms with E-state index in [1.807, 2.05) is 12.1 Å². The summed E-state index contributed by atoms with van der Waals surface area (Å²) in [5, 5.41) is 0.772. The Morgan fingerprint density at radius 3 is 2.42 bits per heavy atom. The molecule has 0 saturated carbocycles. The predicted octanol–water partition coefficient (Wildman–Crippen LogP) is 5.80. The average molecular weight is 416 g/mol. The fourth-order valence-electron chi connectivity index (χ4n) is 2.18. The topological polar surface area (TPSA) is 0 Å². The summed E-state index contributed by atoms with van der Waals surface area (Å²) < 4.78 is 1.39. The summed E-state index contributed by atoms with van der Waals surface area (Å²) in [6, 6.07) is 25.2. The SMILES string of the molecule is Cc1ccc(C=C[Se]c2ccccc2)c(Sc2ccc(Cl)cc2)c1. The van der Waals surface area contributed by atoms with Crippen LogP contribution in [-0.2, 0) is 0 Å². The molecule has 3 aromatic rings. The van der Waals surface area contributed by atoms with E-state index >= 15 is 0 Å². The summed E-state index contributed by atoms with van der Waals surface area (Å²) in [7, 11) is 0. The second-order valence-electron chi connectivity index (χ2n) is 5.33. The Morgan fingerprint density at radius 1 is 0.917 bits per heavy atom. The zero-order valence-corrected chi connectivity index (χ0v) is 16.6. The maximum absolute atomic E-state index is 5.98. The molecule has 0 atom stereocenters. The summed E-state index contributed by atoms with van der Waals surface area (Å²) in [5.74, 6) is 0. The fourth-order valence-corrected chi connectivity index (χ4v) is 4.77. The van der Waals surface area contributed by atoms with Gasteiger partial charge in [-0.2, -0.15) is 0 Å². The third kappa shape index (κ3) is 5.03. The van der Waals surface area contributed by atoms with Crippen LogP contribution in [0.2, 0.25) is 5.02 Å². The molecule has 0 radical (unpaired) electrons. The molecule has 0 N–H and O–H groups in total. The average Bonchev–Trinajstić information content (AvgIpc) is 2.60. The van der Waals surface area contributed by atoms with Crippen LogP contribution in [0.25, 0.3) is 6.08 Å². The third-order valence-electron chi connectivity index (χ3n) is 3.41. The molecule has 0 unspecified atom stereocenters. The van der Waals surface area contributed by atoms with E-state index in [9.17, 15) is 0 Å². The van der Waals surface area contributed by atoms with Crippen LogP contribution in [0.5, 0.6) is 0 Å². The predicted molar refractivity (Wildman–Crippen MR) is 108 cm³/mol. The van der Waals surface area contributed by atoms with E-state index in [4.69, 9.17) is 11.6 Å². The van der Waals surface area contributed by atoms with Gasteiger partial charge in [-0.25, -0.2) is 0 Å². The first-order valence-electron chi connectivity index (χ1n) is 7.63. The molecular formula is C21H17ClSSe. The van der Waals surface area contributed by atoms with Crippen LogP contribution in [0.3, 0.4) is 0 Å². The Balaban J connectivity index is 1.78. The number of rotatable bonds is 5. The number of aryl methyl sites for hydroxylation is 1.